The maximum Gasteiger partial charge on any atom is 0.154 e. The fraction of sp³-hybridized carbons (Fsp3) is 0.118. The molecule has 0 aliphatic carbocycles. The second-order valence-corrected chi connectivity index (χ2v) is 6.13. The summed E-state index contributed by atoms with van der Waals surface area (Å²) in [5, 5.41) is 7.71. The van der Waals surface area contributed by atoms with Crippen LogP contribution in [0.1, 0.15) is 5.69 Å². The lowest BCUT2D eigenvalue weighted by Crippen LogP contribution is -2.03. The van der Waals surface area contributed by atoms with Crippen molar-refractivity contribution in [3.63, 3.8) is 0 Å². The number of aryl methyl sites for hydroxylation is 1. The number of rotatable bonds is 3. The van der Waals surface area contributed by atoms with Gasteiger partial charge in [0.15, 0.2) is 5.82 Å². The van der Waals surface area contributed by atoms with Gasteiger partial charge < -0.3 is 5.32 Å². The molecule has 3 aromatic heterocycles. The summed E-state index contributed by atoms with van der Waals surface area (Å²) in [5.41, 5.74) is 5.89. The van der Waals surface area contributed by atoms with E-state index >= 15 is 0 Å². The third-order valence-corrected chi connectivity index (χ3v) is 4.49. The molecule has 0 radical (unpaired) electrons. The molecule has 0 unspecified atom stereocenters. The highest BCUT2D eigenvalue weighted by atomic mass is 32.1. The Bertz CT molecular complexity index is 985. The quantitative estimate of drug-likeness (QED) is 0.622. The average Bonchev–Trinajstić information content (AvgIpc) is 3.20. The molecule has 4 rings (SSSR count). The van der Waals surface area contributed by atoms with Crippen LogP contribution in [-0.2, 0) is 0 Å². The minimum Gasteiger partial charge on any atom is -0.372 e. The third kappa shape index (κ3) is 2.47. The maximum atomic E-state index is 4.61. The Balaban J connectivity index is 1.91. The van der Waals surface area contributed by atoms with Crippen LogP contribution in [0.25, 0.3) is 27.3 Å². The van der Waals surface area contributed by atoms with E-state index in [0.717, 1.165) is 34.1 Å². The summed E-state index contributed by atoms with van der Waals surface area (Å²) < 4.78 is 3.05. The summed E-state index contributed by atoms with van der Waals surface area (Å²) in [5.74, 6) is 1.61. The number of aromatic nitrogens is 4. The highest BCUT2D eigenvalue weighted by Gasteiger charge is 2.13. The minimum atomic E-state index is 0.805. The Morgan fingerprint density at radius 3 is 2.87 bits per heavy atom. The zero-order chi connectivity index (χ0) is 15.8. The van der Waals surface area contributed by atoms with Gasteiger partial charge >= 0.3 is 0 Å². The number of anilines is 1. The molecular weight excluding hydrogens is 306 g/mol. The molecule has 0 bridgehead atoms. The lowest BCUT2D eigenvalue weighted by molar-refractivity contribution is 0.850. The van der Waals surface area contributed by atoms with E-state index in [-0.39, 0.29) is 0 Å². The van der Waals surface area contributed by atoms with Gasteiger partial charge in [0.2, 0.25) is 0 Å². The van der Waals surface area contributed by atoms with Crippen LogP contribution in [0.5, 0.6) is 0 Å². The van der Waals surface area contributed by atoms with Gasteiger partial charge in [-0.1, -0.05) is 12.1 Å². The summed E-state index contributed by atoms with van der Waals surface area (Å²) in [6.45, 7) is 1.98. The smallest absolute Gasteiger partial charge is 0.154 e. The van der Waals surface area contributed by atoms with Gasteiger partial charge in [-0.15, -0.1) is 16.4 Å². The molecule has 6 heteroatoms. The van der Waals surface area contributed by atoms with Crippen molar-refractivity contribution in [2.45, 2.75) is 6.92 Å². The molecule has 0 fully saturated rings. The number of hydrogen-bond donors (Lipinski definition) is 1. The van der Waals surface area contributed by atoms with Crippen molar-refractivity contribution in [1.82, 2.24) is 19.7 Å². The molecule has 0 amide bonds. The zero-order valence-corrected chi connectivity index (χ0v) is 13.6. The first kappa shape index (κ1) is 13.9. The number of fused-ring (bicyclic) bond motifs is 1. The van der Waals surface area contributed by atoms with Crippen LogP contribution in [0.15, 0.2) is 48.0 Å². The van der Waals surface area contributed by atoms with Crippen LogP contribution in [0.3, 0.4) is 0 Å². The molecule has 0 atom stereocenters. The fourth-order valence-electron chi connectivity index (χ4n) is 2.55. The highest BCUT2D eigenvalue weighted by Crippen LogP contribution is 2.29. The van der Waals surface area contributed by atoms with Crippen LogP contribution >= 0.6 is 11.3 Å². The normalized spacial score (nSPS) is 11.0. The van der Waals surface area contributed by atoms with Crippen LogP contribution in [0.2, 0.25) is 0 Å². The van der Waals surface area contributed by atoms with Crippen molar-refractivity contribution < 1.29 is 0 Å². The molecule has 0 spiro atoms. The first-order valence-corrected chi connectivity index (χ1v) is 8.18. The lowest BCUT2D eigenvalue weighted by Gasteiger charge is -2.07. The molecule has 0 saturated heterocycles. The van der Waals surface area contributed by atoms with Gasteiger partial charge in [0, 0.05) is 24.4 Å². The molecule has 0 aliphatic heterocycles. The number of thiazole rings is 1. The monoisotopic (exact) mass is 321 g/mol. The van der Waals surface area contributed by atoms with Crippen molar-refractivity contribution >= 4 is 27.4 Å². The average molecular weight is 321 g/mol. The van der Waals surface area contributed by atoms with Gasteiger partial charge in [0.1, 0.15) is 5.82 Å². The van der Waals surface area contributed by atoms with Crippen molar-refractivity contribution in [2.24, 2.45) is 0 Å². The number of nitrogens with zero attached hydrogens (tertiary/aromatic N) is 4. The molecule has 23 heavy (non-hydrogen) atoms. The number of hydrogen-bond acceptors (Lipinski definition) is 5. The number of nitrogens with one attached hydrogen (secondary N) is 1. The Labute approximate surface area is 137 Å². The Kier molecular flexibility index (Phi) is 3.31. The second-order valence-electron chi connectivity index (χ2n) is 5.25. The topological polar surface area (TPSA) is 55.6 Å². The van der Waals surface area contributed by atoms with Gasteiger partial charge in [-0.05, 0) is 31.2 Å². The molecule has 1 N–H and O–H groups in total. The molecule has 114 valence electrons. The molecule has 5 nitrogen and oxygen atoms in total. The minimum absolute atomic E-state index is 0.805. The Morgan fingerprint density at radius 1 is 1.13 bits per heavy atom. The molecule has 0 saturated carbocycles. The first-order chi connectivity index (χ1) is 11.2. The molecular formula is C17H15N5S. The van der Waals surface area contributed by atoms with Gasteiger partial charge in [-0.25, -0.2) is 14.6 Å². The Morgan fingerprint density at radius 2 is 2.04 bits per heavy atom. The van der Waals surface area contributed by atoms with Crippen molar-refractivity contribution in [3.8, 4) is 17.1 Å². The predicted molar refractivity (Wildman–Crippen MR) is 94.3 cm³/mol. The van der Waals surface area contributed by atoms with E-state index in [4.69, 9.17) is 0 Å². The maximum absolute atomic E-state index is 4.61. The zero-order valence-electron chi connectivity index (χ0n) is 12.8. The number of benzene rings is 1. The summed E-state index contributed by atoms with van der Waals surface area (Å²) in [7, 11) is 1.86. The van der Waals surface area contributed by atoms with E-state index in [9.17, 15) is 0 Å². The summed E-state index contributed by atoms with van der Waals surface area (Å²) >= 11 is 1.65. The largest absolute Gasteiger partial charge is 0.372 e. The third-order valence-electron chi connectivity index (χ3n) is 3.68. The van der Waals surface area contributed by atoms with E-state index in [2.05, 4.69) is 38.6 Å². The van der Waals surface area contributed by atoms with Gasteiger partial charge in [-0.2, -0.15) is 0 Å². The van der Waals surface area contributed by atoms with Crippen molar-refractivity contribution in [1.29, 1.82) is 0 Å². The lowest BCUT2D eigenvalue weighted by atomic mass is 10.1. The van der Waals surface area contributed by atoms with Gasteiger partial charge in [0.05, 0.1) is 21.4 Å². The van der Waals surface area contributed by atoms with E-state index in [1.54, 1.807) is 11.3 Å². The standard InChI is InChI=1S/C17H15N5S/c1-11-4-3-5-17(20-11)22-14(9-16(18-2)21-22)12-6-7-15-13(8-12)19-10-23-15/h3-10H,1-2H3,(H,18,21). The second kappa shape index (κ2) is 5.48. The highest BCUT2D eigenvalue weighted by molar-refractivity contribution is 7.16. The van der Waals surface area contributed by atoms with E-state index in [1.165, 1.54) is 4.70 Å². The van der Waals surface area contributed by atoms with Gasteiger partial charge in [0.25, 0.3) is 0 Å². The van der Waals surface area contributed by atoms with Crippen LogP contribution in [0.4, 0.5) is 5.82 Å². The predicted octanol–water partition coefficient (Wildman–Crippen LogP) is 3.89. The summed E-state index contributed by atoms with van der Waals surface area (Å²) in [6.07, 6.45) is 0. The summed E-state index contributed by atoms with van der Waals surface area (Å²) in [6, 6.07) is 14.3. The summed E-state index contributed by atoms with van der Waals surface area (Å²) in [4.78, 5) is 8.99. The number of pyridine rings is 1. The molecule has 4 aromatic rings. The van der Waals surface area contributed by atoms with Crippen LogP contribution in [-0.4, -0.2) is 26.8 Å². The Hall–Kier alpha value is -2.73. The van der Waals surface area contributed by atoms with Crippen molar-refractivity contribution in [3.05, 3.63) is 53.7 Å². The van der Waals surface area contributed by atoms with Crippen LogP contribution in [0, 0.1) is 6.92 Å². The fourth-order valence-corrected chi connectivity index (χ4v) is 3.21. The van der Waals surface area contributed by atoms with Gasteiger partial charge in [-0.3, -0.25) is 0 Å². The SMILES string of the molecule is CNc1cc(-c2ccc3scnc3c2)n(-c2cccc(C)n2)n1. The first-order valence-electron chi connectivity index (χ1n) is 7.30. The van der Waals surface area contributed by atoms with E-state index in [0.29, 0.717) is 0 Å². The van der Waals surface area contributed by atoms with Crippen LogP contribution < -0.4 is 5.32 Å². The van der Waals surface area contributed by atoms with E-state index < -0.39 is 0 Å². The van der Waals surface area contributed by atoms with E-state index in [1.807, 2.05) is 48.4 Å². The molecule has 3 heterocycles. The molecule has 0 aliphatic rings. The van der Waals surface area contributed by atoms with Crippen molar-refractivity contribution in [2.75, 3.05) is 12.4 Å². The molecule has 1 aromatic carbocycles.